The van der Waals surface area contributed by atoms with Crippen LogP contribution in [0, 0.1) is 0 Å². The lowest BCUT2D eigenvalue weighted by Crippen LogP contribution is -2.12. The first-order chi connectivity index (χ1) is 12.7. The van der Waals surface area contributed by atoms with E-state index >= 15 is 0 Å². The highest BCUT2D eigenvalue weighted by Crippen LogP contribution is 2.23. The summed E-state index contributed by atoms with van der Waals surface area (Å²) >= 11 is 0. The molecule has 6 nitrogen and oxygen atoms in total. The van der Waals surface area contributed by atoms with E-state index in [0.717, 1.165) is 16.7 Å². The van der Waals surface area contributed by atoms with Gasteiger partial charge in [-0.1, -0.05) is 45.0 Å². The van der Waals surface area contributed by atoms with Crippen LogP contribution in [0.15, 0.2) is 58.0 Å². The molecule has 0 fully saturated rings. The van der Waals surface area contributed by atoms with Crippen molar-refractivity contribution in [2.24, 2.45) is 10.7 Å². The van der Waals surface area contributed by atoms with Crippen LogP contribution >= 0.6 is 0 Å². The molecule has 3 aromatic rings. The number of nitrogens with zero attached hydrogens (tertiary/aromatic N) is 3. The molecule has 0 aliphatic carbocycles. The van der Waals surface area contributed by atoms with Crippen LogP contribution in [0.25, 0.3) is 22.8 Å². The summed E-state index contributed by atoms with van der Waals surface area (Å²) in [5.41, 5.74) is 8.16. The van der Waals surface area contributed by atoms with Crippen LogP contribution in [0.3, 0.4) is 0 Å². The van der Waals surface area contributed by atoms with Crippen LogP contribution in [-0.4, -0.2) is 28.1 Å². The maximum Gasteiger partial charge on any atom is 0.258 e. The molecule has 1 aromatic heterocycles. The Hall–Kier alpha value is -3.15. The Kier molecular flexibility index (Phi) is 8.57. The summed E-state index contributed by atoms with van der Waals surface area (Å²) in [6.45, 7) is 8.00. The van der Waals surface area contributed by atoms with Crippen LogP contribution in [0.2, 0.25) is 0 Å². The lowest BCUT2D eigenvalue weighted by molar-refractivity contribution is 0.432. The molecule has 0 atom stereocenters. The second-order valence-corrected chi connectivity index (χ2v) is 4.66. The van der Waals surface area contributed by atoms with Crippen molar-refractivity contribution in [3.63, 3.8) is 0 Å². The van der Waals surface area contributed by atoms with Crippen LogP contribution < -0.4 is 5.73 Å². The number of aromatic nitrogens is 2. The maximum atomic E-state index is 9.29. The molecule has 3 rings (SSSR count). The van der Waals surface area contributed by atoms with Gasteiger partial charge in [0.2, 0.25) is 5.82 Å². The van der Waals surface area contributed by atoms with Gasteiger partial charge in [-0.05, 0) is 36.4 Å². The number of nitrogens with two attached hydrogens (primary N) is 1. The molecule has 0 amide bonds. The first kappa shape index (κ1) is 20.9. The number of aromatic hydroxyl groups is 1. The number of aliphatic imine (C=N–C) groups is 1. The Bertz CT molecular complexity index is 807. The standard InChI is InChI=1S/C16H14N4O2.2C2H6/c1-18-14(17)10-2-4-12(5-3-10)16-19-15(20-22-16)11-6-8-13(21)9-7-11;2*1-2/h2-9,21H,1H3,(H2,17,18);2*1-2H3. The normalized spacial score (nSPS) is 10.3. The second-order valence-electron chi connectivity index (χ2n) is 4.66. The molecule has 26 heavy (non-hydrogen) atoms. The minimum absolute atomic E-state index is 0.193. The summed E-state index contributed by atoms with van der Waals surface area (Å²) in [4.78, 5) is 8.29. The largest absolute Gasteiger partial charge is 0.508 e. The molecule has 0 spiro atoms. The van der Waals surface area contributed by atoms with Crippen LogP contribution in [0.4, 0.5) is 0 Å². The predicted octanol–water partition coefficient (Wildman–Crippen LogP) is 4.50. The number of rotatable bonds is 3. The topological polar surface area (TPSA) is 97.5 Å². The summed E-state index contributed by atoms with van der Waals surface area (Å²) in [5.74, 6) is 1.55. The average Bonchev–Trinajstić information content (AvgIpc) is 3.21. The van der Waals surface area contributed by atoms with Gasteiger partial charge in [0.1, 0.15) is 11.6 Å². The van der Waals surface area contributed by atoms with E-state index in [1.165, 1.54) is 0 Å². The van der Waals surface area contributed by atoms with Gasteiger partial charge in [-0.25, -0.2) is 0 Å². The van der Waals surface area contributed by atoms with Gasteiger partial charge in [-0.3, -0.25) is 4.99 Å². The highest BCUT2D eigenvalue weighted by atomic mass is 16.5. The van der Waals surface area contributed by atoms with Crippen molar-refractivity contribution in [2.75, 3.05) is 7.05 Å². The molecule has 0 radical (unpaired) electrons. The van der Waals surface area contributed by atoms with Gasteiger partial charge in [-0.2, -0.15) is 4.98 Å². The molecule has 0 saturated heterocycles. The fraction of sp³-hybridized carbons (Fsp3) is 0.250. The first-order valence-corrected chi connectivity index (χ1v) is 8.63. The summed E-state index contributed by atoms with van der Waals surface area (Å²) in [7, 11) is 1.64. The maximum absolute atomic E-state index is 9.29. The third kappa shape index (κ3) is 5.17. The van der Waals surface area contributed by atoms with Crippen LogP contribution in [-0.2, 0) is 0 Å². The number of phenolic OH excluding ortho intramolecular Hbond substituents is 1. The molecular formula is C20H26N4O2. The zero-order valence-corrected chi connectivity index (χ0v) is 15.9. The van der Waals surface area contributed by atoms with E-state index in [2.05, 4.69) is 15.1 Å². The lowest BCUT2D eigenvalue weighted by Gasteiger charge is -2.00. The Morgan fingerprint density at radius 3 is 2.00 bits per heavy atom. The van der Waals surface area contributed by atoms with Crippen molar-refractivity contribution in [1.29, 1.82) is 0 Å². The van der Waals surface area contributed by atoms with Crippen molar-refractivity contribution in [3.05, 3.63) is 54.1 Å². The number of amidine groups is 1. The van der Waals surface area contributed by atoms with E-state index in [1.807, 2.05) is 52.0 Å². The fourth-order valence-electron chi connectivity index (χ4n) is 1.98. The highest BCUT2D eigenvalue weighted by Gasteiger charge is 2.11. The van der Waals surface area contributed by atoms with E-state index in [0.29, 0.717) is 17.6 Å². The molecule has 0 bridgehead atoms. The van der Waals surface area contributed by atoms with Crippen LogP contribution in [0.5, 0.6) is 5.75 Å². The third-order valence-corrected chi connectivity index (χ3v) is 3.22. The van der Waals surface area contributed by atoms with Gasteiger partial charge in [-0.15, -0.1) is 0 Å². The minimum atomic E-state index is 0.193. The highest BCUT2D eigenvalue weighted by molar-refractivity contribution is 5.97. The van der Waals surface area contributed by atoms with E-state index in [9.17, 15) is 5.11 Å². The Morgan fingerprint density at radius 2 is 1.46 bits per heavy atom. The van der Waals surface area contributed by atoms with Gasteiger partial charge in [0.05, 0.1) is 0 Å². The molecule has 0 aliphatic heterocycles. The van der Waals surface area contributed by atoms with E-state index in [1.54, 1.807) is 31.3 Å². The van der Waals surface area contributed by atoms with Crippen molar-refractivity contribution in [1.82, 2.24) is 10.1 Å². The van der Waals surface area contributed by atoms with Crippen molar-refractivity contribution >= 4 is 5.84 Å². The molecule has 1 heterocycles. The zero-order chi connectivity index (χ0) is 19.5. The number of phenols is 1. The minimum Gasteiger partial charge on any atom is -0.508 e. The fourth-order valence-corrected chi connectivity index (χ4v) is 1.98. The van der Waals surface area contributed by atoms with Crippen molar-refractivity contribution in [2.45, 2.75) is 27.7 Å². The Labute approximate surface area is 154 Å². The number of benzene rings is 2. The molecule has 138 valence electrons. The van der Waals surface area contributed by atoms with Gasteiger partial charge < -0.3 is 15.4 Å². The number of hydrogen-bond donors (Lipinski definition) is 2. The van der Waals surface area contributed by atoms with Crippen LogP contribution in [0.1, 0.15) is 33.3 Å². The average molecular weight is 354 g/mol. The Balaban J connectivity index is 0.000000791. The number of hydrogen-bond acceptors (Lipinski definition) is 5. The lowest BCUT2D eigenvalue weighted by atomic mass is 10.1. The Morgan fingerprint density at radius 1 is 0.923 bits per heavy atom. The molecule has 0 saturated carbocycles. The summed E-state index contributed by atoms with van der Waals surface area (Å²) < 4.78 is 5.28. The van der Waals surface area contributed by atoms with Gasteiger partial charge >= 0.3 is 0 Å². The zero-order valence-electron chi connectivity index (χ0n) is 15.9. The van der Waals surface area contributed by atoms with Gasteiger partial charge in [0, 0.05) is 23.7 Å². The second kappa shape index (κ2) is 10.7. The molecule has 3 N–H and O–H groups in total. The quantitative estimate of drug-likeness (QED) is 0.533. The predicted molar refractivity (Wildman–Crippen MR) is 106 cm³/mol. The smallest absolute Gasteiger partial charge is 0.258 e. The summed E-state index contributed by atoms with van der Waals surface area (Å²) in [5, 5.41) is 13.2. The van der Waals surface area contributed by atoms with Gasteiger partial charge in [0.25, 0.3) is 5.89 Å². The van der Waals surface area contributed by atoms with Crippen molar-refractivity contribution in [3.8, 4) is 28.6 Å². The summed E-state index contributed by atoms with van der Waals surface area (Å²) in [6, 6.07) is 14.0. The van der Waals surface area contributed by atoms with E-state index < -0.39 is 0 Å². The monoisotopic (exact) mass is 354 g/mol. The molecule has 0 aliphatic rings. The molecular weight excluding hydrogens is 328 g/mol. The molecule has 2 aromatic carbocycles. The summed E-state index contributed by atoms with van der Waals surface area (Å²) in [6.07, 6.45) is 0. The van der Waals surface area contributed by atoms with Gasteiger partial charge in [0.15, 0.2) is 0 Å². The molecule has 0 unspecified atom stereocenters. The van der Waals surface area contributed by atoms with Crippen molar-refractivity contribution < 1.29 is 9.63 Å². The SMILES string of the molecule is CC.CC.CN=C(N)c1ccc(-c2nc(-c3ccc(O)cc3)no2)cc1. The van der Waals surface area contributed by atoms with E-state index in [4.69, 9.17) is 10.3 Å². The first-order valence-electron chi connectivity index (χ1n) is 8.63. The molecule has 6 heteroatoms. The van der Waals surface area contributed by atoms with E-state index in [-0.39, 0.29) is 5.75 Å². The third-order valence-electron chi connectivity index (χ3n) is 3.22.